The van der Waals surface area contributed by atoms with Crippen molar-refractivity contribution in [2.75, 3.05) is 9.80 Å². The molecule has 0 N–H and O–H groups in total. The molecule has 124 valence electrons. The van der Waals surface area contributed by atoms with Crippen LogP contribution in [0.2, 0.25) is 0 Å². The van der Waals surface area contributed by atoms with Crippen LogP contribution in [0.1, 0.15) is 0 Å². The summed E-state index contributed by atoms with van der Waals surface area (Å²) in [6.07, 6.45) is 0. The van der Waals surface area contributed by atoms with Crippen molar-refractivity contribution in [2.24, 2.45) is 0 Å². The highest BCUT2D eigenvalue weighted by Crippen LogP contribution is 2.53. The average Bonchev–Trinajstić information content (AvgIpc) is 2.73. The minimum absolute atomic E-state index is 1.17. The van der Waals surface area contributed by atoms with Crippen LogP contribution in [0.4, 0.5) is 34.1 Å². The lowest BCUT2D eigenvalue weighted by Gasteiger charge is -2.40. The van der Waals surface area contributed by atoms with Crippen LogP contribution in [0, 0.1) is 0 Å². The number of fused-ring (bicyclic) bond motifs is 2. The number of nitrogens with zero attached hydrogens (tertiary/aromatic N) is 2. The lowest BCUT2D eigenvalue weighted by atomic mass is 10.0. The number of benzene rings is 4. The number of para-hydroxylation sites is 6. The second-order valence-electron chi connectivity index (χ2n) is 6.32. The minimum Gasteiger partial charge on any atom is -0.306 e. The highest BCUT2D eigenvalue weighted by molar-refractivity contribution is 6.01. The Bertz CT molecular complexity index is 909. The van der Waals surface area contributed by atoms with Gasteiger partial charge in [-0.3, -0.25) is 0 Å². The fourth-order valence-electron chi connectivity index (χ4n) is 3.65. The van der Waals surface area contributed by atoms with E-state index < -0.39 is 0 Å². The molecule has 0 fully saturated rings. The Labute approximate surface area is 153 Å². The predicted molar refractivity (Wildman–Crippen MR) is 109 cm³/mol. The summed E-state index contributed by atoms with van der Waals surface area (Å²) in [5.74, 6) is 0. The molecule has 0 aromatic heterocycles. The first-order chi connectivity index (χ1) is 12.9. The number of anilines is 6. The monoisotopic (exact) mass is 334 g/mol. The van der Waals surface area contributed by atoms with Crippen molar-refractivity contribution >= 4 is 34.1 Å². The van der Waals surface area contributed by atoms with Crippen molar-refractivity contribution in [3.05, 3.63) is 109 Å². The van der Waals surface area contributed by atoms with Crippen molar-refractivity contribution < 1.29 is 0 Å². The predicted octanol–water partition coefficient (Wildman–Crippen LogP) is 6.94. The Morgan fingerprint density at radius 3 is 0.885 bits per heavy atom. The summed E-state index contributed by atoms with van der Waals surface area (Å²) in [4.78, 5) is 4.67. The topological polar surface area (TPSA) is 6.48 Å². The van der Waals surface area contributed by atoms with Gasteiger partial charge in [-0.2, -0.15) is 0 Å². The van der Waals surface area contributed by atoms with E-state index in [-0.39, 0.29) is 0 Å². The zero-order chi connectivity index (χ0) is 17.3. The molecule has 2 heteroatoms. The molecule has 2 nitrogen and oxygen atoms in total. The van der Waals surface area contributed by atoms with Gasteiger partial charge in [0.15, 0.2) is 0 Å². The van der Waals surface area contributed by atoms with Gasteiger partial charge in [0.1, 0.15) is 0 Å². The molecule has 1 aliphatic rings. The molecule has 0 saturated heterocycles. The van der Waals surface area contributed by atoms with E-state index in [1.54, 1.807) is 0 Å². The summed E-state index contributed by atoms with van der Waals surface area (Å²) in [6.45, 7) is 0. The summed E-state index contributed by atoms with van der Waals surface area (Å²) in [5, 5.41) is 0. The quantitative estimate of drug-likeness (QED) is 0.345. The molecule has 0 atom stereocenters. The van der Waals surface area contributed by atoms with Gasteiger partial charge in [0.25, 0.3) is 0 Å². The summed E-state index contributed by atoms with van der Waals surface area (Å²) >= 11 is 0. The van der Waals surface area contributed by atoms with Crippen LogP contribution in [0.25, 0.3) is 0 Å². The lowest BCUT2D eigenvalue weighted by Crippen LogP contribution is -2.23. The van der Waals surface area contributed by atoms with Gasteiger partial charge in [-0.1, -0.05) is 60.7 Å². The first-order valence-electron chi connectivity index (χ1n) is 8.82. The number of hydrogen-bond donors (Lipinski definition) is 0. The van der Waals surface area contributed by atoms with Gasteiger partial charge in [0, 0.05) is 11.4 Å². The lowest BCUT2D eigenvalue weighted by molar-refractivity contribution is 1.17. The molecule has 0 unspecified atom stereocenters. The van der Waals surface area contributed by atoms with Crippen molar-refractivity contribution in [1.29, 1.82) is 0 Å². The molecule has 1 heterocycles. The first-order valence-corrected chi connectivity index (χ1v) is 8.82. The van der Waals surface area contributed by atoms with Crippen molar-refractivity contribution in [3.63, 3.8) is 0 Å². The summed E-state index contributed by atoms with van der Waals surface area (Å²) in [5.41, 5.74) is 7.06. The van der Waals surface area contributed by atoms with Gasteiger partial charge in [-0.25, -0.2) is 0 Å². The molecule has 0 spiro atoms. The van der Waals surface area contributed by atoms with Crippen molar-refractivity contribution in [3.8, 4) is 0 Å². The van der Waals surface area contributed by atoms with Gasteiger partial charge in [-0.05, 0) is 48.5 Å². The summed E-state index contributed by atoms with van der Waals surface area (Å²) in [7, 11) is 0. The molecule has 26 heavy (non-hydrogen) atoms. The molecule has 0 radical (unpaired) electrons. The van der Waals surface area contributed by atoms with Crippen molar-refractivity contribution in [1.82, 2.24) is 0 Å². The Morgan fingerprint density at radius 1 is 0.308 bits per heavy atom. The Kier molecular flexibility index (Phi) is 3.46. The maximum absolute atomic E-state index is 2.34. The van der Waals surface area contributed by atoms with E-state index in [2.05, 4.69) is 119 Å². The Morgan fingerprint density at radius 2 is 0.577 bits per heavy atom. The fraction of sp³-hybridized carbons (Fsp3) is 0. The van der Waals surface area contributed by atoms with Gasteiger partial charge in [0.05, 0.1) is 22.7 Å². The van der Waals surface area contributed by atoms with E-state index in [9.17, 15) is 0 Å². The van der Waals surface area contributed by atoms with Crippen LogP contribution in [-0.2, 0) is 0 Å². The number of rotatable bonds is 2. The third kappa shape index (κ3) is 2.27. The normalized spacial score (nSPS) is 12.5. The second-order valence-corrected chi connectivity index (χ2v) is 6.32. The molecule has 5 rings (SSSR count). The second kappa shape index (κ2) is 6.08. The van der Waals surface area contributed by atoms with Gasteiger partial charge >= 0.3 is 0 Å². The van der Waals surface area contributed by atoms with Gasteiger partial charge in [-0.15, -0.1) is 0 Å². The Hall–Kier alpha value is -3.52. The largest absolute Gasteiger partial charge is 0.306 e. The van der Waals surface area contributed by atoms with E-state index in [4.69, 9.17) is 0 Å². The highest BCUT2D eigenvalue weighted by Gasteiger charge is 2.29. The number of hydrogen-bond acceptors (Lipinski definition) is 2. The van der Waals surface area contributed by atoms with Crippen LogP contribution >= 0.6 is 0 Å². The van der Waals surface area contributed by atoms with Crippen LogP contribution in [-0.4, -0.2) is 0 Å². The third-order valence-electron chi connectivity index (χ3n) is 4.76. The molecule has 0 bridgehead atoms. The highest BCUT2D eigenvalue weighted by atomic mass is 15.3. The summed E-state index contributed by atoms with van der Waals surface area (Å²) in [6, 6.07) is 38.3. The molecule has 4 aromatic rings. The first kappa shape index (κ1) is 14.8. The maximum Gasteiger partial charge on any atom is 0.0703 e. The standard InChI is InChI=1S/C24H18N2/c1-3-11-19(12-4-1)25-21-15-7-9-17-23(21)26(20-13-5-2-6-14-20)24-18-10-8-16-22(24)25/h1-18H. The van der Waals surface area contributed by atoms with E-state index in [1.165, 1.54) is 34.1 Å². The van der Waals surface area contributed by atoms with Gasteiger partial charge < -0.3 is 9.80 Å². The van der Waals surface area contributed by atoms with Crippen molar-refractivity contribution in [2.45, 2.75) is 0 Å². The SMILES string of the molecule is c1ccc(N2c3ccccc3N(c3ccccc3)c3ccccc32)cc1. The molecule has 0 amide bonds. The fourth-order valence-corrected chi connectivity index (χ4v) is 3.65. The average molecular weight is 334 g/mol. The molecule has 0 saturated carbocycles. The zero-order valence-corrected chi connectivity index (χ0v) is 14.3. The molecular formula is C24H18N2. The van der Waals surface area contributed by atoms with Gasteiger partial charge in [0.2, 0.25) is 0 Å². The Balaban J connectivity index is 1.80. The van der Waals surface area contributed by atoms with Crippen LogP contribution in [0.15, 0.2) is 109 Å². The zero-order valence-electron chi connectivity index (χ0n) is 14.3. The van der Waals surface area contributed by atoms with Crippen LogP contribution in [0.3, 0.4) is 0 Å². The van der Waals surface area contributed by atoms with Crippen LogP contribution in [0.5, 0.6) is 0 Å². The summed E-state index contributed by atoms with van der Waals surface area (Å²) < 4.78 is 0. The molecular weight excluding hydrogens is 316 g/mol. The van der Waals surface area contributed by atoms with E-state index in [1.807, 2.05) is 0 Å². The van der Waals surface area contributed by atoms with E-state index in [0.29, 0.717) is 0 Å². The third-order valence-corrected chi connectivity index (χ3v) is 4.76. The smallest absolute Gasteiger partial charge is 0.0703 e. The maximum atomic E-state index is 2.34. The van der Waals surface area contributed by atoms with Crippen LogP contribution < -0.4 is 9.80 Å². The van der Waals surface area contributed by atoms with E-state index >= 15 is 0 Å². The molecule has 1 aliphatic heterocycles. The minimum atomic E-state index is 1.17. The molecule has 0 aliphatic carbocycles. The van der Waals surface area contributed by atoms with E-state index in [0.717, 1.165) is 0 Å². The molecule has 4 aromatic carbocycles.